The maximum atomic E-state index is 12.8. The molecule has 0 bridgehead atoms. The van der Waals surface area contributed by atoms with Crippen LogP contribution >= 0.6 is 11.8 Å². The van der Waals surface area contributed by atoms with E-state index in [1.165, 1.54) is 28.8 Å². The first kappa shape index (κ1) is 18.3. The molecule has 7 heteroatoms. The van der Waals surface area contributed by atoms with E-state index in [2.05, 4.69) is 5.32 Å². The Morgan fingerprint density at radius 1 is 1.33 bits per heavy atom. The number of aromatic carboxylic acids is 1. The second-order valence-electron chi connectivity index (χ2n) is 6.00. The van der Waals surface area contributed by atoms with Crippen molar-refractivity contribution < 1.29 is 19.5 Å². The highest BCUT2D eigenvalue weighted by Gasteiger charge is 2.35. The fraction of sp³-hybridized carbons (Fsp3) is 0.471. The molecular formula is C17H22N2O4S. The normalized spacial score (nSPS) is 18.3. The molecule has 2 N–H and O–H groups in total. The zero-order valence-corrected chi connectivity index (χ0v) is 14.9. The predicted octanol–water partition coefficient (Wildman–Crippen LogP) is 2.12. The molecule has 0 radical (unpaired) electrons. The zero-order chi connectivity index (χ0) is 17.9. The summed E-state index contributed by atoms with van der Waals surface area (Å²) < 4.78 is 0. The fourth-order valence-electron chi connectivity index (χ4n) is 2.50. The SMILES string of the molecule is CCC(C)NC(=O)C1CSCN1C(=O)c1cc(C)cc(C(=O)O)c1. The molecule has 1 aromatic rings. The van der Waals surface area contributed by atoms with Gasteiger partial charge in [0.2, 0.25) is 5.91 Å². The van der Waals surface area contributed by atoms with Crippen molar-refractivity contribution in [1.29, 1.82) is 0 Å². The van der Waals surface area contributed by atoms with E-state index < -0.39 is 12.0 Å². The summed E-state index contributed by atoms with van der Waals surface area (Å²) in [5.74, 6) is -0.571. The van der Waals surface area contributed by atoms with Crippen LogP contribution in [0.5, 0.6) is 0 Å². The monoisotopic (exact) mass is 350 g/mol. The summed E-state index contributed by atoms with van der Waals surface area (Å²) in [5.41, 5.74) is 1.08. The van der Waals surface area contributed by atoms with Gasteiger partial charge in [-0.3, -0.25) is 9.59 Å². The minimum atomic E-state index is -1.07. The Bertz CT molecular complexity index is 662. The van der Waals surface area contributed by atoms with E-state index in [9.17, 15) is 14.4 Å². The third-order valence-electron chi connectivity index (χ3n) is 4.02. The largest absolute Gasteiger partial charge is 0.478 e. The average Bonchev–Trinajstić information content (AvgIpc) is 3.02. The lowest BCUT2D eigenvalue weighted by Gasteiger charge is -2.24. The molecular weight excluding hydrogens is 328 g/mol. The van der Waals surface area contributed by atoms with Crippen LogP contribution < -0.4 is 5.32 Å². The number of hydrogen-bond donors (Lipinski definition) is 2. The van der Waals surface area contributed by atoms with Gasteiger partial charge >= 0.3 is 5.97 Å². The summed E-state index contributed by atoms with van der Waals surface area (Å²) in [6, 6.07) is 4.07. The first-order chi connectivity index (χ1) is 11.3. The van der Waals surface area contributed by atoms with Gasteiger partial charge in [-0.25, -0.2) is 4.79 Å². The lowest BCUT2D eigenvalue weighted by Crippen LogP contribution is -2.49. The van der Waals surface area contributed by atoms with E-state index in [-0.39, 0.29) is 23.4 Å². The van der Waals surface area contributed by atoms with Crippen LogP contribution in [0.25, 0.3) is 0 Å². The molecule has 2 rings (SSSR count). The quantitative estimate of drug-likeness (QED) is 0.849. The first-order valence-corrected chi connectivity index (χ1v) is 9.03. The Balaban J connectivity index is 2.22. The van der Waals surface area contributed by atoms with Gasteiger partial charge in [0.05, 0.1) is 11.4 Å². The van der Waals surface area contributed by atoms with Crippen molar-refractivity contribution in [3.8, 4) is 0 Å². The molecule has 6 nitrogen and oxygen atoms in total. The Hall–Kier alpha value is -2.02. The van der Waals surface area contributed by atoms with Crippen LogP contribution in [0.3, 0.4) is 0 Å². The van der Waals surface area contributed by atoms with Crippen LogP contribution in [0, 0.1) is 6.92 Å². The first-order valence-electron chi connectivity index (χ1n) is 7.87. The minimum Gasteiger partial charge on any atom is -0.478 e. The molecule has 1 aromatic carbocycles. The number of carboxylic acids is 1. The van der Waals surface area contributed by atoms with Crippen LogP contribution in [0.4, 0.5) is 0 Å². The summed E-state index contributed by atoms with van der Waals surface area (Å²) in [4.78, 5) is 37.9. The molecule has 0 aromatic heterocycles. The molecule has 0 saturated carbocycles. The molecule has 1 heterocycles. The highest BCUT2D eigenvalue weighted by atomic mass is 32.2. The molecule has 1 aliphatic heterocycles. The molecule has 1 saturated heterocycles. The van der Waals surface area contributed by atoms with Crippen molar-refractivity contribution in [1.82, 2.24) is 10.2 Å². The van der Waals surface area contributed by atoms with E-state index >= 15 is 0 Å². The average molecular weight is 350 g/mol. The standard InChI is InChI=1S/C17H22N2O4S/c1-4-11(3)18-15(20)14-8-24-9-19(14)16(21)12-5-10(2)6-13(7-12)17(22)23/h5-7,11,14H,4,8-9H2,1-3H3,(H,18,20)(H,22,23). The zero-order valence-electron chi connectivity index (χ0n) is 14.0. The van der Waals surface area contributed by atoms with Gasteiger partial charge in [-0.2, -0.15) is 0 Å². The van der Waals surface area contributed by atoms with Crippen molar-refractivity contribution in [2.75, 3.05) is 11.6 Å². The predicted molar refractivity (Wildman–Crippen MR) is 93.3 cm³/mol. The van der Waals surface area contributed by atoms with Crippen molar-refractivity contribution in [3.05, 3.63) is 34.9 Å². The van der Waals surface area contributed by atoms with E-state index in [0.29, 0.717) is 22.8 Å². The second kappa shape index (κ2) is 7.70. The molecule has 2 unspecified atom stereocenters. The van der Waals surface area contributed by atoms with Gasteiger partial charge in [0.25, 0.3) is 5.91 Å². The summed E-state index contributed by atoms with van der Waals surface area (Å²) in [7, 11) is 0. The van der Waals surface area contributed by atoms with Gasteiger partial charge < -0.3 is 15.3 Å². The third kappa shape index (κ3) is 4.08. The van der Waals surface area contributed by atoms with Crippen molar-refractivity contribution in [2.24, 2.45) is 0 Å². The number of carbonyl (C=O) groups is 3. The lowest BCUT2D eigenvalue weighted by atomic mass is 10.0. The highest BCUT2D eigenvalue weighted by Crippen LogP contribution is 2.24. The van der Waals surface area contributed by atoms with Crippen molar-refractivity contribution in [2.45, 2.75) is 39.3 Å². The van der Waals surface area contributed by atoms with Crippen LogP contribution in [0.2, 0.25) is 0 Å². The number of hydrogen-bond acceptors (Lipinski definition) is 4. The molecule has 2 atom stereocenters. The number of carboxylic acid groups (broad SMARTS) is 1. The molecule has 2 amide bonds. The number of amides is 2. The maximum absolute atomic E-state index is 12.8. The minimum absolute atomic E-state index is 0.0534. The van der Waals surface area contributed by atoms with Crippen LogP contribution in [0.1, 0.15) is 46.5 Å². The van der Waals surface area contributed by atoms with Crippen LogP contribution in [0.15, 0.2) is 18.2 Å². The van der Waals surface area contributed by atoms with Gasteiger partial charge in [0.1, 0.15) is 6.04 Å². The van der Waals surface area contributed by atoms with Crippen LogP contribution in [-0.4, -0.2) is 51.5 Å². The van der Waals surface area contributed by atoms with Crippen molar-refractivity contribution in [3.63, 3.8) is 0 Å². The van der Waals surface area contributed by atoms with Crippen molar-refractivity contribution >= 4 is 29.5 Å². The molecule has 0 spiro atoms. The molecule has 0 aliphatic carbocycles. The topological polar surface area (TPSA) is 86.7 Å². The summed E-state index contributed by atoms with van der Waals surface area (Å²) in [6.45, 7) is 5.65. The van der Waals surface area contributed by atoms with Gasteiger partial charge in [-0.05, 0) is 44.0 Å². The number of nitrogens with zero attached hydrogens (tertiary/aromatic N) is 1. The lowest BCUT2D eigenvalue weighted by molar-refractivity contribution is -0.125. The van der Waals surface area contributed by atoms with E-state index in [0.717, 1.165) is 6.42 Å². The second-order valence-corrected chi connectivity index (χ2v) is 7.00. The Morgan fingerprint density at radius 2 is 2.00 bits per heavy atom. The summed E-state index contributed by atoms with van der Waals surface area (Å²) in [6.07, 6.45) is 0.819. The molecule has 24 heavy (non-hydrogen) atoms. The number of nitrogens with one attached hydrogen (secondary N) is 1. The Kier molecular flexibility index (Phi) is 5.88. The van der Waals surface area contributed by atoms with Crippen LogP contribution in [-0.2, 0) is 4.79 Å². The third-order valence-corrected chi connectivity index (χ3v) is 5.03. The number of rotatable bonds is 5. The highest BCUT2D eigenvalue weighted by molar-refractivity contribution is 7.99. The molecule has 1 fully saturated rings. The number of benzene rings is 1. The summed E-state index contributed by atoms with van der Waals surface area (Å²) in [5, 5.41) is 12.1. The smallest absolute Gasteiger partial charge is 0.335 e. The van der Waals surface area contributed by atoms with Gasteiger partial charge in [0, 0.05) is 17.4 Å². The Labute approximate surface area is 145 Å². The number of carbonyl (C=O) groups excluding carboxylic acids is 2. The van der Waals surface area contributed by atoms with E-state index in [1.807, 2.05) is 13.8 Å². The fourth-order valence-corrected chi connectivity index (χ4v) is 3.65. The number of aryl methyl sites for hydroxylation is 1. The van der Waals surface area contributed by atoms with Gasteiger partial charge in [0.15, 0.2) is 0 Å². The van der Waals surface area contributed by atoms with E-state index in [4.69, 9.17) is 5.11 Å². The van der Waals surface area contributed by atoms with E-state index in [1.54, 1.807) is 13.0 Å². The molecule has 130 valence electrons. The maximum Gasteiger partial charge on any atom is 0.335 e. The van der Waals surface area contributed by atoms with Gasteiger partial charge in [-0.1, -0.05) is 6.92 Å². The van der Waals surface area contributed by atoms with Gasteiger partial charge in [-0.15, -0.1) is 11.8 Å². The Morgan fingerprint density at radius 3 is 2.62 bits per heavy atom. The molecule has 1 aliphatic rings. The number of thioether (sulfide) groups is 1. The summed E-state index contributed by atoms with van der Waals surface area (Å²) >= 11 is 1.52.